The molecule has 0 unspecified atom stereocenters. The zero-order chi connectivity index (χ0) is 22.0. The Morgan fingerprint density at radius 1 is 1.13 bits per heavy atom. The molecule has 0 aliphatic heterocycles. The Hall–Kier alpha value is -3.48. The van der Waals surface area contributed by atoms with Crippen LogP contribution in [0, 0.1) is 0 Å². The van der Waals surface area contributed by atoms with Gasteiger partial charge in [0.1, 0.15) is 5.69 Å². The van der Waals surface area contributed by atoms with Crippen LogP contribution in [0.25, 0.3) is 10.9 Å². The van der Waals surface area contributed by atoms with Gasteiger partial charge >= 0.3 is 5.97 Å². The van der Waals surface area contributed by atoms with Gasteiger partial charge in [-0.15, -0.1) is 0 Å². The predicted octanol–water partition coefficient (Wildman–Crippen LogP) is 3.47. The molecule has 0 bridgehead atoms. The number of carbonyl (C=O) groups is 2. The number of nitrogen functional groups attached to an aromatic ring is 1. The normalized spacial score (nSPS) is 14.6. The van der Waals surface area contributed by atoms with E-state index >= 15 is 0 Å². The van der Waals surface area contributed by atoms with Crippen LogP contribution in [0.15, 0.2) is 48.5 Å². The molecule has 0 saturated heterocycles. The molecule has 2 N–H and O–H groups in total. The number of carbonyl (C=O) groups excluding carboxylic acids is 2. The highest BCUT2D eigenvalue weighted by Gasteiger charge is 2.47. The van der Waals surface area contributed by atoms with Crippen LogP contribution in [0.2, 0.25) is 0 Å². The summed E-state index contributed by atoms with van der Waals surface area (Å²) >= 11 is 0. The number of amides is 1. The van der Waals surface area contributed by atoms with Crippen molar-refractivity contribution in [1.82, 2.24) is 14.9 Å². The van der Waals surface area contributed by atoms with Crippen molar-refractivity contribution in [3.05, 3.63) is 65.4 Å². The number of fused-ring (bicyclic) bond motifs is 1. The number of rotatable bonds is 6. The van der Waals surface area contributed by atoms with Crippen LogP contribution < -0.4 is 5.73 Å². The molecular formula is C24H26N4O3. The summed E-state index contributed by atoms with van der Waals surface area (Å²) in [4.78, 5) is 36.2. The monoisotopic (exact) mass is 418 g/mol. The average Bonchev–Trinajstić information content (AvgIpc) is 2.73. The quantitative estimate of drug-likeness (QED) is 0.616. The molecule has 1 fully saturated rings. The van der Waals surface area contributed by atoms with E-state index in [1.165, 1.54) is 0 Å². The zero-order valence-electron chi connectivity index (χ0n) is 17.8. The van der Waals surface area contributed by atoms with Crippen molar-refractivity contribution in [2.24, 2.45) is 0 Å². The van der Waals surface area contributed by atoms with Crippen LogP contribution in [0.3, 0.4) is 0 Å². The second-order valence-electron chi connectivity index (χ2n) is 7.97. The van der Waals surface area contributed by atoms with Crippen molar-refractivity contribution >= 4 is 28.7 Å². The molecule has 1 saturated carbocycles. The number of hydrogen-bond acceptors (Lipinski definition) is 6. The van der Waals surface area contributed by atoms with Gasteiger partial charge in [0, 0.05) is 19.0 Å². The number of nitrogens with zero attached hydrogens (tertiary/aromatic N) is 3. The lowest BCUT2D eigenvalue weighted by molar-refractivity contribution is -0.153. The molecule has 0 spiro atoms. The van der Waals surface area contributed by atoms with Gasteiger partial charge in [0.05, 0.1) is 17.5 Å². The summed E-state index contributed by atoms with van der Waals surface area (Å²) in [5, 5.41) is 0.590. The molecular weight excluding hydrogens is 392 g/mol. The minimum Gasteiger partial charge on any atom is -0.465 e. The van der Waals surface area contributed by atoms with Crippen molar-refractivity contribution in [2.75, 3.05) is 19.4 Å². The van der Waals surface area contributed by atoms with Gasteiger partial charge in [0.15, 0.2) is 0 Å². The first kappa shape index (κ1) is 20.8. The first-order valence-electron chi connectivity index (χ1n) is 10.5. The smallest absolute Gasteiger partial charge is 0.316 e. The van der Waals surface area contributed by atoms with Gasteiger partial charge in [-0.2, -0.15) is 0 Å². The minimum absolute atomic E-state index is 0.0421. The van der Waals surface area contributed by atoms with Crippen molar-refractivity contribution in [3.8, 4) is 0 Å². The second-order valence-corrected chi connectivity index (χ2v) is 7.97. The molecule has 1 amide bonds. The van der Waals surface area contributed by atoms with Crippen molar-refractivity contribution < 1.29 is 14.3 Å². The number of nitrogens with two attached hydrogens (primary N) is 1. The molecule has 7 heteroatoms. The maximum absolute atomic E-state index is 13.3. The SMILES string of the molecule is CCOC(=O)C1(c2ccc3nc(N)nc(C(=O)N(C)Cc4ccccc4)c3c2)CCC1. The van der Waals surface area contributed by atoms with Crippen LogP contribution in [-0.4, -0.2) is 40.4 Å². The highest BCUT2D eigenvalue weighted by molar-refractivity contribution is 6.05. The second kappa shape index (κ2) is 8.34. The molecule has 4 rings (SSSR count). The van der Waals surface area contributed by atoms with Crippen molar-refractivity contribution in [1.29, 1.82) is 0 Å². The summed E-state index contributed by atoms with van der Waals surface area (Å²) < 4.78 is 5.35. The van der Waals surface area contributed by atoms with Gasteiger partial charge in [-0.1, -0.05) is 42.8 Å². The fraction of sp³-hybridized carbons (Fsp3) is 0.333. The Bertz CT molecular complexity index is 1130. The van der Waals surface area contributed by atoms with Crippen LogP contribution in [-0.2, 0) is 21.5 Å². The highest BCUT2D eigenvalue weighted by Crippen LogP contribution is 2.45. The number of esters is 1. The number of hydrogen-bond donors (Lipinski definition) is 1. The third kappa shape index (κ3) is 3.83. The minimum atomic E-state index is -0.665. The standard InChI is InChI=1S/C24H26N4O3/c1-3-31-22(30)24(12-7-13-24)17-10-11-19-18(14-17)20(27-23(25)26-19)21(29)28(2)15-16-8-5-4-6-9-16/h4-6,8-11,14H,3,7,12-13,15H2,1-2H3,(H2,25,26,27). The molecule has 7 nitrogen and oxygen atoms in total. The Morgan fingerprint density at radius 2 is 1.87 bits per heavy atom. The van der Waals surface area contributed by atoms with Gasteiger partial charge in [0.2, 0.25) is 5.95 Å². The lowest BCUT2D eigenvalue weighted by Crippen LogP contribution is -2.43. The molecule has 0 atom stereocenters. The predicted molar refractivity (Wildman–Crippen MR) is 118 cm³/mol. The van der Waals surface area contributed by atoms with E-state index in [9.17, 15) is 9.59 Å². The van der Waals surface area contributed by atoms with E-state index in [0.29, 0.717) is 24.1 Å². The van der Waals surface area contributed by atoms with Gasteiger partial charge in [-0.05, 0) is 43.0 Å². The Morgan fingerprint density at radius 3 is 2.52 bits per heavy atom. The lowest BCUT2D eigenvalue weighted by atomic mass is 9.64. The summed E-state index contributed by atoms with van der Waals surface area (Å²) in [6, 6.07) is 15.3. The number of ether oxygens (including phenoxy) is 1. The first-order chi connectivity index (χ1) is 14.9. The van der Waals surface area contributed by atoms with E-state index in [4.69, 9.17) is 10.5 Å². The van der Waals surface area contributed by atoms with Crippen LogP contribution in [0.1, 0.15) is 47.8 Å². The van der Waals surface area contributed by atoms with E-state index in [1.54, 1.807) is 24.9 Å². The third-order valence-electron chi connectivity index (χ3n) is 5.95. The highest BCUT2D eigenvalue weighted by atomic mass is 16.5. The van der Waals surface area contributed by atoms with E-state index in [2.05, 4.69) is 9.97 Å². The number of anilines is 1. The van der Waals surface area contributed by atoms with E-state index in [0.717, 1.165) is 30.4 Å². The average molecular weight is 418 g/mol. The summed E-state index contributed by atoms with van der Waals surface area (Å²) in [5.74, 6) is -0.426. The Kier molecular flexibility index (Phi) is 5.59. The summed E-state index contributed by atoms with van der Waals surface area (Å²) in [6.45, 7) is 2.58. The van der Waals surface area contributed by atoms with Crippen molar-refractivity contribution in [2.45, 2.75) is 38.1 Å². The summed E-state index contributed by atoms with van der Waals surface area (Å²) in [7, 11) is 1.73. The Labute approximate surface area is 181 Å². The van der Waals surface area contributed by atoms with Gasteiger partial charge in [-0.3, -0.25) is 9.59 Å². The molecule has 0 radical (unpaired) electrons. The largest absolute Gasteiger partial charge is 0.465 e. The zero-order valence-corrected chi connectivity index (χ0v) is 17.8. The van der Waals surface area contributed by atoms with Crippen molar-refractivity contribution in [3.63, 3.8) is 0 Å². The molecule has 1 aromatic heterocycles. The molecule has 2 aromatic carbocycles. The van der Waals surface area contributed by atoms with Gasteiger partial charge < -0.3 is 15.4 Å². The fourth-order valence-corrected chi connectivity index (χ4v) is 4.13. The van der Waals surface area contributed by atoms with E-state index < -0.39 is 5.41 Å². The van der Waals surface area contributed by atoms with E-state index in [1.807, 2.05) is 42.5 Å². The van der Waals surface area contributed by atoms with Gasteiger partial charge in [0.25, 0.3) is 5.91 Å². The molecule has 1 heterocycles. The number of aromatic nitrogens is 2. The summed E-state index contributed by atoms with van der Waals surface area (Å²) in [5.41, 5.74) is 7.89. The number of benzene rings is 2. The lowest BCUT2D eigenvalue weighted by Gasteiger charge is -2.39. The van der Waals surface area contributed by atoms with Crippen LogP contribution in [0.5, 0.6) is 0 Å². The van der Waals surface area contributed by atoms with E-state index in [-0.39, 0.29) is 23.5 Å². The molecule has 31 heavy (non-hydrogen) atoms. The topological polar surface area (TPSA) is 98.4 Å². The van der Waals surface area contributed by atoms with Gasteiger partial charge in [-0.25, -0.2) is 9.97 Å². The molecule has 1 aliphatic rings. The third-order valence-corrected chi connectivity index (χ3v) is 5.95. The molecule has 3 aromatic rings. The van der Waals surface area contributed by atoms with Crippen LogP contribution in [0.4, 0.5) is 5.95 Å². The van der Waals surface area contributed by atoms with Crippen LogP contribution >= 0.6 is 0 Å². The summed E-state index contributed by atoms with van der Waals surface area (Å²) in [6.07, 6.45) is 2.41. The maximum Gasteiger partial charge on any atom is 0.316 e. The first-order valence-corrected chi connectivity index (χ1v) is 10.5. The molecule has 1 aliphatic carbocycles. The molecule has 160 valence electrons. The maximum atomic E-state index is 13.3. The Balaban J connectivity index is 1.74. The fourth-order valence-electron chi connectivity index (χ4n) is 4.13.